The summed E-state index contributed by atoms with van der Waals surface area (Å²) in [4.78, 5) is 37.2. The molecular formula is C21H18FN3O4. The second kappa shape index (κ2) is 8.92. The predicted octanol–water partition coefficient (Wildman–Crippen LogP) is 2.73. The van der Waals surface area contributed by atoms with E-state index in [0.29, 0.717) is 0 Å². The molecule has 0 unspecified atom stereocenters. The second-order valence-electron chi connectivity index (χ2n) is 6.06. The molecule has 0 saturated heterocycles. The van der Waals surface area contributed by atoms with Crippen molar-refractivity contribution < 1.29 is 18.7 Å². The monoisotopic (exact) mass is 395 g/mol. The maximum absolute atomic E-state index is 13.2. The first-order valence-corrected chi connectivity index (χ1v) is 8.89. The Balaban J connectivity index is 1.96. The molecule has 0 aliphatic heterocycles. The van der Waals surface area contributed by atoms with E-state index in [1.165, 1.54) is 24.3 Å². The van der Waals surface area contributed by atoms with Crippen LogP contribution in [0.4, 0.5) is 10.1 Å². The minimum atomic E-state index is -0.793. The largest absolute Gasteiger partial charge is 0.461 e. The van der Waals surface area contributed by atoms with Crippen LogP contribution >= 0.6 is 0 Å². The number of rotatable bonds is 6. The predicted molar refractivity (Wildman–Crippen MR) is 105 cm³/mol. The fourth-order valence-electron chi connectivity index (χ4n) is 2.64. The Bertz CT molecular complexity index is 1080. The van der Waals surface area contributed by atoms with Crippen molar-refractivity contribution >= 4 is 17.6 Å². The molecule has 29 heavy (non-hydrogen) atoms. The van der Waals surface area contributed by atoms with Crippen molar-refractivity contribution in [3.63, 3.8) is 0 Å². The number of nitrogens with zero attached hydrogens (tertiary/aromatic N) is 2. The van der Waals surface area contributed by atoms with Crippen molar-refractivity contribution in [2.75, 3.05) is 11.9 Å². The molecule has 1 amide bonds. The summed E-state index contributed by atoms with van der Waals surface area (Å²) < 4.78 is 19.1. The van der Waals surface area contributed by atoms with Crippen LogP contribution in [0.1, 0.15) is 23.0 Å². The number of carbonyl (C=O) groups is 2. The average Bonchev–Trinajstić information content (AvgIpc) is 2.70. The molecule has 148 valence electrons. The van der Waals surface area contributed by atoms with Crippen LogP contribution < -0.4 is 10.9 Å². The molecule has 8 heteroatoms. The zero-order valence-corrected chi connectivity index (χ0v) is 15.6. The molecule has 0 aliphatic rings. The summed E-state index contributed by atoms with van der Waals surface area (Å²) in [6, 6.07) is 15.2. The van der Waals surface area contributed by atoms with E-state index in [1.807, 2.05) is 6.07 Å². The van der Waals surface area contributed by atoms with E-state index >= 15 is 0 Å². The Hall–Kier alpha value is -3.81. The molecule has 1 aromatic heterocycles. The fourth-order valence-corrected chi connectivity index (χ4v) is 2.64. The van der Waals surface area contributed by atoms with Gasteiger partial charge >= 0.3 is 5.97 Å². The van der Waals surface area contributed by atoms with Crippen LogP contribution in [-0.4, -0.2) is 28.3 Å². The summed E-state index contributed by atoms with van der Waals surface area (Å²) in [6.07, 6.45) is 0.0597. The Kier molecular flexibility index (Phi) is 6.13. The number of anilines is 1. The summed E-state index contributed by atoms with van der Waals surface area (Å²) in [6.45, 7) is 1.72. The van der Waals surface area contributed by atoms with E-state index in [-0.39, 0.29) is 30.1 Å². The lowest BCUT2D eigenvalue weighted by molar-refractivity contribution is -0.115. The van der Waals surface area contributed by atoms with E-state index < -0.39 is 23.3 Å². The molecule has 0 saturated carbocycles. The number of nitrogens with one attached hydrogen (secondary N) is 1. The molecule has 7 nitrogen and oxygen atoms in total. The van der Waals surface area contributed by atoms with Crippen molar-refractivity contribution in [3.05, 3.63) is 88.1 Å². The summed E-state index contributed by atoms with van der Waals surface area (Å²) in [7, 11) is 0. The number of benzene rings is 2. The third-order valence-corrected chi connectivity index (χ3v) is 3.95. The van der Waals surface area contributed by atoms with Crippen molar-refractivity contribution in [2.45, 2.75) is 13.3 Å². The minimum absolute atomic E-state index is 0.0484. The second-order valence-corrected chi connectivity index (χ2v) is 6.06. The lowest BCUT2D eigenvalue weighted by Gasteiger charge is -2.12. The highest BCUT2D eigenvalue weighted by molar-refractivity contribution is 6.00. The van der Waals surface area contributed by atoms with Crippen LogP contribution in [-0.2, 0) is 16.0 Å². The summed E-state index contributed by atoms with van der Waals surface area (Å²) >= 11 is 0. The first kappa shape index (κ1) is 19.9. The molecule has 0 radical (unpaired) electrons. The Morgan fingerprint density at radius 1 is 1.10 bits per heavy atom. The highest BCUT2D eigenvalue weighted by atomic mass is 19.1. The van der Waals surface area contributed by atoms with Crippen LogP contribution in [0.15, 0.2) is 65.5 Å². The zero-order chi connectivity index (χ0) is 20.8. The van der Waals surface area contributed by atoms with Gasteiger partial charge in [0.05, 0.1) is 24.4 Å². The van der Waals surface area contributed by atoms with Crippen molar-refractivity contribution in [2.24, 2.45) is 0 Å². The Labute approximate surface area is 165 Å². The van der Waals surface area contributed by atoms with Gasteiger partial charge in [-0.1, -0.05) is 30.3 Å². The standard InChI is InChI=1S/C21H18FN3O4/c1-2-29-21(28)20-17(23-18(26)12-14-6-4-3-5-7-14)13-19(27)25(24-20)16-10-8-15(22)9-11-16/h3-11,13H,2,12H2,1H3,(H,23,26). The van der Waals surface area contributed by atoms with E-state index in [1.54, 1.807) is 31.2 Å². The van der Waals surface area contributed by atoms with Crippen LogP contribution in [0.25, 0.3) is 5.69 Å². The van der Waals surface area contributed by atoms with Gasteiger partial charge in [0.15, 0.2) is 5.69 Å². The molecular weight excluding hydrogens is 377 g/mol. The smallest absolute Gasteiger partial charge is 0.360 e. The normalized spacial score (nSPS) is 10.4. The molecule has 1 N–H and O–H groups in total. The lowest BCUT2D eigenvalue weighted by Crippen LogP contribution is -2.27. The minimum Gasteiger partial charge on any atom is -0.461 e. The highest BCUT2D eigenvalue weighted by Gasteiger charge is 2.20. The van der Waals surface area contributed by atoms with Gasteiger partial charge in [0, 0.05) is 6.07 Å². The number of aromatic nitrogens is 2. The van der Waals surface area contributed by atoms with Gasteiger partial charge in [-0.05, 0) is 36.8 Å². The van der Waals surface area contributed by atoms with Gasteiger partial charge < -0.3 is 10.1 Å². The first-order chi connectivity index (χ1) is 14.0. The quantitative estimate of drug-likeness (QED) is 0.648. The van der Waals surface area contributed by atoms with Crippen molar-refractivity contribution in [1.82, 2.24) is 9.78 Å². The Morgan fingerprint density at radius 2 is 1.79 bits per heavy atom. The number of amides is 1. The molecule has 1 heterocycles. The van der Waals surface area contributed by atoms with Crippen molar-refractivity contribution in [3.8, 4) is 5.69 Å². The number of ether oxygens (including phenoxy) is 1. The van der Waals surface area contributed by atoms with Crippen molar-refractivity contribution in [1.29, 1.82) is 0 Å². The van der Waals surface area contributed by atoms with Gasteiger partial charge in [-0.3, -0.25) is 9.59 Å². The lowest BCUT2D eigenvalue weighted by atomic mass is 10.1. The number of hydrogen-bond donors (Lipinski definition) is 1. The molecule has 0 atom stereocenters. The zero-order valence-electron chi connectivity index (χ0n) is 15.6. The number of hydrogen-bond acceptors (Lipinski definition) is 5. The number of halogens is 1. The first-order valence-electron chi connectivity index (χ1n) is 8.89. The van der Waals surface area contributed by atoms with Gasteiger partial charge in [0.2, 0.25) is 5.91 Å². The summed E-state index contributed by atoms with van der Waals surface area (Å²) in [5.74, 6) is -1.68. The molecule has 0 bridgehead atoms. The van der Waals surface area contributed by atoms with Gasteiger partial charge in [-0.2, -0.15) is 9.78 Å². The van der Waals surface area contributed by atoms with Gasteiger partial charge in [-0.15, -0.1) is 0 Å². The van der Waals surface area contributed by atoms with Gasteiger partial charge in [-0.25, -0.2) is 9.18 Å². The molecule has 0 spiro atoms. The SMILES string of the molecule is CCOC(=O)c1nn(-c2ccc(F)cc2)c(=O)cc1NC(=O)Cc1ccccc1. The van der Waals surface area contributed by atoms with Crippen LogP contribution in [0, 0.1) is 5.82 Å². The third kappa shape index (κ3) is 4.92. The Morgan fingerprint density at radius 3 is 2.45 bits per heavy atom. The van der Waals surface area contributed by atoms with E-state index in [0.717, 1.165) is 16.3 Å². The molecule has 3 rings (SSSR count). The summed E-state index contributed by atoms with van der Waals surface area (Å²) in [5.41, 5.74) is 0.170. The average molecular weight is 395 g/mol. The van der Waals surface area contributed by atoms with Gasteiger partial charge in [0.25, 0.3) is 5.56 Å². The van der Waals surface area contributed by atoms with Crippen LogP contribution in [0.3, 0.4) is 0 Å². The fraction of sp³-hybridized carbons (Fsp3) is 0.143. The van der Waals surface area contributed by atoms with Crippen LogP contribution in [0.5, 0.6) is 0 Å². The molecule has 0 aliphatic carbocycles. The number of carbonyl (C=O) groups excluding carboxylic acids is 2. The van der Waals surface area contributed by atoms with E-state index in [2.05, 4.69) is 10.4 Å². The number of esters is 1. The molecule has 2 aromatic carbocycles. The highest BCUT2D eigenvalue weighted by Crippen LogP contribution is 2.15. The molecule has 3 aromatic rings. The van der Waals surface area contributed by atoms with Crippen LogP contribution in [0.2, 0.25) is 0 Å². The molecule has 0 fully saturated rings. The van der Waals surface area contributed by atoms with E-state index in [9.17, 15) is 18.8 Å². The maximum Gasteiger partial charge on any atom is 0.360 e. The van der Waals surface area contributed by atoms with Gasteiger partial charge in [0.1, 0.15) is 5.82 Å². The topological polar surface area (TPSA) is 90.3 Å². The summed E-state index contributed by atoms with van der Waals surface area (Å²) in [5, 5.41) is 6.59. The maximum atomic E-state index is 13.2. The van der Waals surface area contributed by atoms with E-state index in [4.69, 9.17) is 4.74 Å². The third-order valence-electron chi connectivity index (χ3n) is 3.95.